The summed E-state index contributed by atoms with van der Waals surface area (Å²) in [5.41, 5.74) is 1.16. The summed E-state index contributed by atoms with van der Waals surface area (Å²) in [6.07, 6.45) is 0. The molecule has 1 amide bonds. The van der Waals surface area contributed by atoms with Gasteiger partial charge in [-0.05, 0) is 42.5 Å². The lowest BCUT2D eigenvalue weighted by molar-refractivity contribution is 0.102. The van der Waals surface area contributed by atoms with Crippen LogP contribution in [0.4, 0.5) is 11.4 Å². The summed E-state index contributed by atoms with van der Waals surface area (Å²) in [5, 5.41) is 2.88. The van der Waals surface area contributed by atoms with E-state index in [4.69, 9.17) is 11.6 Å². The number of hydrogen-bond acceptors (Lipinski definition) is 3. The Morgan fingerprint density at radius 1 is 0.808 bits per heavy atom. The molecule has 7 heteroatoms. The summed E-state index contributed by atoms with van der Waals surface area (Å²) in [6, 6.07) is 21.3. The quantitative estimate of drug-likeness (QED) is 0.682. The van der Waals surface area contributed by atoms with E-state index in [0.29, 0.717) is 5.69 Å². The lowest BCUT2D eigenvalue weighted by Gasteiger charge is -2.11. The number of amides is 1. The fraction of sp³-hybridized carbons (Fsp3) is 0. The highest BCUT2D eigenvalue weighted by molar-refractivity contribution is 7.92. The van der Waals surface area contributed by atoms with Gasteiger partial charge in [-0.25, -0.2) is 8.42 Å². The third kappa shape index (κ3) is 4.22. The standard InChI is InChI=1S/C19H15ClN2O3S/c20-18-13-15(22-26(24,25)16-9-5-2-6-10-16)11-12-17(18)19(23)21-14-7-3-1-4-8-14/h1-13,22H,(H,21,23). The van der Waals surface area contributed by atoms with Crippen LogP contribution in [0.5, 0.6) is 0 Å². The SMILES string of the molecule is O=C(Nc1ccccc1)c1ccc(NS(=O)(=O)c2ccccc2)cc1Cl. The summed E-state index contributed by atoms with van der Waals surface area (Å²) < 4.78 is 27.1. The van der Waals surface area contributed by atoms with Gasteiger partial charge in [-0.1, -0.05) is 48.0 Å². The highest BCUT2D eigenvalue weighted by Gasteiger charge is 2.16. The summed E-state index contributed by atoms with van der Waals surface area (Å²) in [7, 11) is -3.72. The van der Waals surface area contributed by atoms with Gasteiger partial charge in [0.2, 0.25) is 0 Å². The molecule has 26 heavy (non-hydrogen) atoms. The molecule has 3 aromatic carbocycles. The number of carbonyl (C=O) groups excluding carboxylic acids is 1. The molecule has 0 aliphatic heterocycles. The Balaban J connectivity index is 1.78. The normalized spacial score (nSPS) is 11.0. The van der Waals surface area contributed by atoms with Crippen LogP contribution in [0.1, 0.15) is 10.4 Å². The first-order chi connectivity index (χ1) is 12.5. The molecule has 0 aliphatic rings. The average Bonchev–Trinajstić information content (AvgIpc) is 2.63. The van der Waals surface area contributed by atoms with Gasteiger partial charge in [0, 0.05) is 5.69 Å². The molecule has 5 nitrogen and oxygen atoms in total. The van der Waals surface area contributed by atoms with Gasteiger partial charge < -0.3 is 5.32 Å². The van der Waals surface area contributed by atoms with Crippen molar-refractivity contribution in [3.8, 4) is 0 Å². The van der Waals surface area contributed by atoms with Gasteiger partial charge in [-0.3, -0.25) is 9.52 Å². The number of anilines is 2. The third-order valence-electron chi connectivity index (χ3n) is 3.55. The molecule has 0 radical (unpaired) electrons. The monoisotopic (exact) mass is 386 g/mol. The van der Waals surface area contributed by atoms with Crippen LogP contribution < -0.4 is 10.0 Å². The third-order valence-corrected chi connectivity index (χ3v) is 5.26. The molecule has 0 aliphatic carbocycles. The maximum atomic E-state index is 12.3. The van der Waals surface area contributed by atoms with Crippen LogP contribution in [0.3, 0.4) is 0 Å². The Bertz CT molecular complexity index is 1020. The van der Waals surface area contributed by atoms with E-state index in [9.17, 15) is 13.2 Å². The number of rotatable bonds is 5. The predicted octanol–water partition coefficient (Wildman–Crippen LogP) is 4.39. The molecule has 3 rings (SSSR count). The van der Waals surface area contributed by atoms with Crippen LogP contribution in [-0.2, 0) is 10.0 Å². The second kappa shape index (κ2) is 7.59. The van der Waals surface area contributed by atoms with Crippen molar-refractivity contribution in [3.05, 3.63) is 89.4 Å². The van der Waals surface area contributed by atoms with Crippen LogP contribution in [0.15, 0.2) is 83.8 Å². The molecule has 0 aromatic heterocycles. The number of nitrogens with one attached hydrogen (secondary N) is 2. The number of benzene rings is 3. The Kier molecular flexibility index (Phi) is 5.25. The van der Waals surface area contributed by atoms with Gasteiger partial charge in [0.25, 0.3) is 15.9 Å². The first-order valence-corrected chi connectivity index (χ1v) is 9.56. The van der Waals surface area contributed by atoms with Gasteiger partial charge in [-0.2, -0.15) is 0 Å². The summed E-state index contributed by atoms with van der Waals surface area (Å²) in [5.74, 6) is -0.376. The second-order valence-corrected chi connectivity index (χ2v) is 7.52. The van der Waals surface area contributed by atoms with Crippen molar-refractivity contribution in [3.63, 3.8) is 0 Å². The fourth-order valence-corrected chi connectivity index (χ4v) is 3.63. The Hall–Kier alpha value is -2.83. The smallest absolute Gasteiger partial charge is 0.261 e. The van der Waals surface area contributed by atoms with Crippen LogP contribution in [0, 0.1) is 0 Å². The molecule has 0 fully saturated rings. The van der Waals surface area contributed by atoms with Crippen molar-refractivity contribution in [1.82, 2.24) is 0 Å². The van der Waals surface area contributed by atoms with Gasteiger partial charge in [-0.15, -0.1) is 0 Å². The van der Waals surface area contributed by atoms with Crippen LogP contribution in [0.25, 0.3) is 0 Å². The van der Waals surface area contributed by atoms with Crippen molar-refractivity contribution in [2.45, 2.75) is 4.90 Å². The maximum Gasteiger partial charge on any atom is 0.261 e. The minimum atomic E-state index is -3.72. The van der Waals surface area contributed by atoms with E-state index in [1.165, 1.54) is 30.3 Å². The lowest BCUT2D eigenvalue weighted by atomic mass is 10.2. The van der Waals surface area contributed by atoms with Crippen molar-refractivity contribution >= 4 is 38.9 Å². The van der Waals surface area contributed by atoms with E-state index in [0.717, 1.165) is 0 Å². The molecule has 132 valence electrons. The first kappa shape index (κ1) is 18.0. The fourth-order valence-electron chi connectivity index (χ4n) is 2.30. The Morgan fingerprint density at radius 2 is 1.42 bits per heavy atom. The maximum absolute atomic E-state index is 12.3. The molecule has 3 aromatic rings. The first-order valence-electron chi connectivity index (χ1n) is 7.69. The number of para-hydroxylation sites is 1. The van der Waals surface area contributed by atoms with Gasteiger partial charge in [0.15, 0.2) is 0 Å². The van der Waals surface area contributed by atoms with E-state index < -0.39 is 10.0 Å². The molecule has 0 atom stereocenters. The van der Waals surface area contributed by atoms with E-state index in [1.54, 1.807) is 42.5 Å². The molecule has 0 bridgehead atoms. The molecular weight excluding hydrogens is 372 g/mol. The molecule has 0 heterocycles. The van der Waals surface area contributed by atoms with E-state index in [-0.39, 0.29) is 27.1 Å². The molecule has 0 unspecified atom stereocenters. The van der Waals surface area contributed by atoms with E-state index >= 15 is 0 Å². The van der Waals surface area contributed by atoms with Gasteiger partial charge in [0.1, 0.15) is 0 Å². The molecule has 0 saturated carbocycles. The minimum Gasteiger partial charge on any atom is -0.322 e. The Morgan fingerprint density at radius 3 is 2.04 bits per heavy atom. The van der Waals surface area contributed by atoms with Crippen molar-refractivity contribution in [2.75, 3.05) is 10.0 Å². The van der Waals surface area contributed by atoms with Crippen LogP contribution in [-0.4, -0.2) is 14.3 Å². The lowest BCUT2D eigenvalue weighted by Crippen LogP contribution is -2.14. The summed E-state index contributed by atoms with van der Waals surface area (Å²) in [6.45, 7) is 0. The summed E-state index contributed by atoms with van der Waals surface area (Å²) >= 11 is 6.17. The zero-order chi connectivity index (χ0) is 18.6. The van der Waals surface area contributed by atoms with E-state index in [1.807, 2.05) is 6.07 Å². The number of carbonyl (C=O) groups is 1. The summed E-state index contributed by atoms with van der Waals surface area (Å²) in [4.78, 5) is 12.5. The zero-order valence-electron chi connectivity index (χ0n) is 13.5. The van der Waals surface area contributed by atoms with Gasteiger partial charge in [0.05, 0.1) is 21.2 Å². The molecule has 0 saturated heterocycles. The van der Waals surface area contributed by atoms with Gasteiger partial charge >= 0.3 is 0 Å². The highest BCUT2D eigenvalue weighted by Crippen LogP contribution is 2.24. The van der Waals surface area contributed by atoms with Crippen molar-refractivity contribution < 1.29 is 13.2 Å². The van der Waals surface area contributed by atoms with Crippen LogP contribution >= 0.6 is 11.6 Å². The number of halogens is 1. The van der Waals surface area contributed by atoms with Crippen molar-refractivity contribution in [2.24, 2.45) is 0 Å². The van der Waals surface area contributed by atoms with Crippen molar-refractivity contribution in [1.29, 1.82) is 0 Å². The van der Waals surface area contributed by atoms with E-state index in [2.05, 4.69) is 10.0 Å². The average molecular weight is 387 g/mol. The molecular formula is C19H15ClN2O3S. The molecule has 0 spiro atoms. The highest BCUT2D eigenvalue weighted by atomic mass is 35.5. The second-order valence-electron chi connectivity index (χ2n) is 5.43. The zero-order valence-corrected chi connectivity index (χ0v) is 15.1. The topological polar surface area (TPSA) is 75.3 Å². The largest absolute Gasteiger partial charge is 0.322 e. The number of hydrogen-bond donors (Lipinski definition) is 2. The predicted molar refractivity (Wildman–Crippen MR) is 103 cm³/mol. The molecule has 2 N–H and O–H groups in total. The Labute approximate surface area is 156 Å². The van der Waals surface area contributed by atoms with Crippen LogP contribution in [0.2, 0.25) is 5.02 Å². The minimum absolute atomic E-state index is 0.141. The number of sulfonamides is 1.